The van der Waals surface area contributed by atoms with Gasteiger partial charge >= 0.3 is 0 Å². The fraction of sp³-hybridized carbons (Fsp3) is 1.00. The SMILES string of the molecule is CCCN1CC2CCCCN2C1. The van der Waals surface area contributed by atoms with E-state index in [0.717, 1.165) is 6.04 Å². The van der Waals surface area contributed by atoms with Crippen LogP contribution in [0.2, 0.25) is 0 Å². The lowest BCUT2D eigenvalue weighted by atomic mass is 10.0. The van der Waals surface area contributed by atoms with Gasteiger partial charge in [-0.25, -0.2) is 0 Å². The zero-order valence-corrected chi connectivity index (χ0v) is 8.13. The van der Waals surface area contributed by atoms with Gasteiger partial charge in [0.15, 0.2) is 0 Å². The van der Waals surface area contributed by atoms with E-state index in [1.807, 2.05) is 0 Å². The Kier molecular flexibility index (Phi) is 2.66. The second kappa shape index (κ2) is 3.75. The Labute approximate surface area is 75.5 Å². The van der Waals surface area contributed by atoms with Crippen LogP contribution in [0.5, 0.6) is 0 Å². The summed E-state index contributed by atoms with van der Waals surface area (Å²) < 4.78 is 0. The summed E-state index contributed by atoms with van der Waals surface area (Å²) in [5.41, 5.74) is 0. The lowest BCUT2D eigenvalue weighted by Crippen LogP contribution is -2.35. The van der Waals surface area contributed by atoms with Crippen LogP contribution in [-0.2, 0) is 0 Å². The Hall–Kier alpha value is -0.0800. The molecule has 2 aliphatic rings. The highest BCUT2D eigenvalue weighted by atomic mass is 15.4. The van der Waals surface area contributed by atoms with E-state index in [2.05, 4.69) is 16.7 Å². The van der Waals surface area contributed by atoms with Crippen LogP contribution in [0.25, 0.3) is 0 Å². The predicted molar refractivity (Wildman–Crippen MR) is 51.1 cm³/mol. The van der Waals surface area contributed by atoms with Crippen molar-refractivity contribution in [2.45, 2.75) is 38.6 Å². The van der Waals surface area contributed by atoms with Crippen LogP contribution >= 0.6 is 0 Å². The van der Waals surface area contributed by atoms with Gasteiger partial charge in [0.25, 0.3) is 0 Å². The Morgan fingerprint density at radius 3 is 3.00 bits per heavy atom. The van der Waals surface area contributed by atoms with E-state index in [0.29, 0.717) is 0 Å². The average molecular weight is 168 g/mol. The molecule has 0 aromatic heterocycles. The van der Waals surface area contributed by atoms with Crippen LogP contribution < -0.4 is 0 Å². The van der Waals surface area contributed by atoms with E-state index in [1.54, 1.807) is 0 Å². The topological polar surface area (TPSA) is 6.48 Å². The smallest absolute Gasteiger partial charge is 0.0510 e. The molecule has 0 aromatic rings. The minimum atomic E-state index is 0.908. The average Bonchev–Trinajstić information content (AvgIpc) is 2.47. The van der Waals surface area contributed by atoms with Crippen LogP contribution in [0, 0.1) is 0 Å². The zero-order valence-electron chi connectivity index (χ0n) is 8.13. The summed E-state index contributed by atoms with van der Waals surface area (Å²) in [4.78, 5) is 5.27. The number of piperidine rings is 1. The van der Waals surface area contributed by atoms with Gasteiger partial charge in [0.1, 0.15) is 0 Å². The fourth-order valence-corrected chi connectivity index (χ4v) is 2.54. The standard InChI is InChI=1S/C10H20N2/c1-2-6-11-8-10-5-3-4-7-12(10)9-11/h10H,2-9H2,1H3. The number of fused-ring (bicyclic) bond motifs is 1. The largest absolute Gasteiger partial charge is 0.289 e. The fourth-order valence-electron chi connectivity index (χ4n) is 2.54. The van der Waals surface area contributed by atoms with E-state index in [-0.39, 0.29) is 0 Å². The van der Waals surface area contributed by atoms with Gasteiger partial charge in [0.2, 0.25) is 0 Å². The van der Waals surface area contributed by atoms with Crippen molar-refractivity contribution < 1.29 is 0 Å². The van der Waals surface area contributed by atoms with Crippen molar-refractivity contribution in [2.24, 2.45) is 0 Å². The highest BCUT2D eigenvalue weighted by Gasteiger charge is 2.30. The van der Waals surface area contributed by atoms with Crippen LogP contribution in [0.4, 0.5) is 0 Å². The van der Waals surface area contributed by atoms with Crippen LogP contribution in [0.1, 0.15) is 32.6 Å². The van der Waals surface area contributed by atoms with Crippen molar-refractivity contribution >= 4 is 0 Å². The third-order valence-corrected chi connectivity index (χ3v) is 3.14. The number of hydrogen-bond donors (Lipinski definition) is 0. The summed E-state index contributed by atoms with van der Waals surface area (Å²) in [6.07, 6.45) is 5.64. The molecule has 0 bridgehead atoms. The number of rotatable bonds is 2. The molecule has 2 saturated heterocycles. The summed E-state index contributed by atoms with van der Waals surface area (Å²) >= 11 is 0. The molecule has 0 spiro atoms. The molecule has 2 fully saturated rings. The molecule has 1 atom stereocenters. The molecule has 2 nitrogen and oxygen atoms in total. The van der Waals surface area contributed by atoms with Gasteiger partial charge in [-0.1, -0.05) is 13.3 Å². The van der Waals surface area contributed by atoms with Crippen molar-refractivity contribution in [3.63, 3.8) is 0 Å². The summed E-state index contributed by atoms with van der Waals surface area (Å²) in [6, 6.07) is 0.908. The predicted octanol–water partition coefficient (Wildman–Crippen LogP) is 1.52. The van der Waals surface area contributed by atoms with E-state index in [1.165, 1.54) is 52.0 Å². The zero-order chi connectivity index (χ0) is 8.39. The monoisotopic (exact) mass is 168 g/mol. The molecule has 0 amide bonds. The first-order chi connectivity index (χ1) is 5.90. The summed E-state index contributed by atoms with van der Waals surface area (Å²) in [5, 5.41) is 0. The summed E-state index contributed by atoms with van der Waals surface area (Å²) in [6.45, 7) is 7.52. The molecule has 1 unspecified atom stereocenters. The van der Waals surface area contributed by atoms with E-state index in [9.17, 15) is 0 Å². The quantitative estimate of drug-likeness (QED) is 0.617. The molecule has 2 rings (SSSR count). The van der Waals surface area contributed by atoms with Crippen molar-refractivity contribution in [3.8, 4) is 0 Å². The van der Waals surface area contributed by atoms with E-state index >= 15 is 0 Å². The molecule has 0 N–H and O–H groups in total. The third kappa shape index (κ3) is 1.64. The second-order valence-electron chi connectivity index (χ2n) is 4.18. The molecular formula is C10H20N2. The van der Waals surface area contributed by atoms with Crippen molar-refractivity contribution in [1.82, 2.24) is 9.80 Å². The van der Waals surface area contributed by atoms with Gasteiger partial charge in [0, 0.05) is 12.6 Å². The van der Waals surface area contributed by atoms with Gasteiger partial charge < -0.3 is 0 Å². The highest BCUT2D eigenvalue weighted by molar-refractivity contribution is 4.85. The van der Waals surface area contributed by atoms with Crippen LogP contribution in [0.3, 0.4) is 0 Å². The molecule has 2 aliphatic heterocycles. The second-order valence-corrected chi connectivity index (χ2v) is 4.18. The van der Waals surface area contributed by atoms with Gasteiger partial charge in [-0.2, -0.15) is 0 Å². The lowest BCUT2D eigenvalue weighted by molar-refractivity contribution is 0.185. The molecule has 2 heteroatoms. The van der Waals surface area contributed by atoms with Crippen molar-refractivity contribution in [3.05, 3.63) is 0 Å². The maximum absolute atomic E-state index is 2.67. The molecule has 2 heterocycles. The minimum Gasteiger partial charge on any atom is -0.289 e. The van der Waals surface area contributed by atoms with Gasteiger partial charge in [-0.05, 0) is 32.4 Å². The lowest BCUT2D eigenvalue weighted by Gasteiger charge is -2.27. The van der Waals surface area contributed by atoms with E-state index < -0.39 is 0 Å². The molecule has 12 heavy (non-hydrogen) atoms. The minimum absolute atomic E-state index is 0.908. The van der Waals surface area contributed by atoms with Crippen LogP contribution in [-0.4, -0.2) is 42.1 Å². The summed E-state index contributed by atoms with van der Waals surface area (Å²) in [5.74, 6) is 0. The first kappa shape index (κ1) is 8.52. The van der Waals surface area contributed by atoms with Gasteiger partial charge in [-0.3, -0.25) is 9.80 Å². The first-order valence-electron chi connectivity index (χ1n) is 5.36. The van der Waals surface area contributed by atoms with Crippen LogP contribution in [0.15, 0.2) is 0 Å². The van der Waals surface area contributed by atoms with Gasteiger partial charge in [-0.15, -0.1) is 0 Å². The van der Waals surface area contributed by atoms with Crippen molar-refractivity contribution in [1.29, 1.82) is 0 Å². The maximum Gasteiger partial charge on any atom is 0.0510 e. The number of nitrogens with zero attached hydrogens (tertiary/aromatic N) is 2. The first-order valence-corrected chi connectivity index (χ1v) is 5.36. The van der Waals surface area contributed by atoms with E-state index in [4.69, 9.17) is 0 Å². The Morgan fingerprint density at radius 1 is 1.33 bits per heavy atom. The molecule has 0 aliphatic carbocycles. The molecule has 70 valence electrons. The number of hydrogen-bond acceptors (Lipinski definition) is 2. The Morgan fingerprint density at radius 2 is 2.25 bits per heavy atom. The molecule has 0 saturated carbocycles. The Balaban J connectivity index is 1.85. The molecule has 0 radical (unpaired) electrons. The molecule has 0 aromatic carbocycles. The summed E-state index contributed by atoms with van der Waals surface area (Å²) in [7, 11) is 0. The third-order valence-electron chi connectivity index (χ3n) is 3.14. The highest BCUT2D eigenvalue weighted by Crippen LogP contribution is 2.23. The molecular weight excluding hydrogens is 148 g/mol. The Bertz CT molecular complexity index is 133. The maximum atomic E-state index is 2.67. The normalized spacial score (nSPS) is 32.2. The van der Waals surface area contributed by atoms with Gasteiger partial charge in [0.05, 0.1) is 6.67 Å². The van der Waals surface area contributed by atoms with Crippen molar-refractivity contribution in [2.75, 3.05) is 26.3 Å².